The van der Waals surface area contributed by atoms with Crippen molar-refractivity contribution in [2.75, 3.05) is 13.1 Å². The Morgan fingerprint density at radius 3 is 2.92 bits per heavy atom. The summed E-state index contributed by atoms with van der Waals surface area (Å²) in [4.78, 5) is 7.23. The molecule has 0 atom stereocenters. The van der Waals surface area contributed by atoms with E-state index in [1.807, 2.05) is 6.20 Å². The lowest BCUT2D eigenvalue weighted by Crippen LogP contribution is -2.26. The Morgan fingerprint density at radius 2 is 2.08 bits per heavy atom. The van der Waals surface area contributed by atoms with Crippen LogP contribution in [-0.4, -0.2) is 32.7 Å². The third-order valence-electron chi connectivity index (χ3n) is 4.96. The molecule has 24 heavy (non-hydrogen) atoms. The number of aromatic amines is 1. The zero-order valence-corrected chi connectivity index (χ0v) is 14.4. The van der Waals surface area contributed by atoms with Gasteiger partial charge >= 0.3 is 0 Å². The van der Waals surface area contributed by atoms with Crippen LogP contribution in [0.3, 0.4) is 0 Å². The molecular formula is C18H19N5S. The standard InChI is InChI=1S/C18H19N5S/c1-11-6-13(7-14-8-20-22-17(11)14)16-10-23-9-15(21-18(23)24-16)12-2-4-19-5-3-12/h6-10,12,19H,2-5H2,1H3,(H,20,22). The van der Waals surface area contributed by atoms with Gasteiger partial charge < -0.3 is 5.32 Å². The molecule has 122 valence electrons. The molecule has 1 saturated heterocycles. The average molecular weight is 337 g/mol. The normalized spacial score (nSPS) is 16.4. The number of hydrogen-bond acceptors (Lipinski definition) is 4. The fourth-order valence-electron chi connectivity index (χ4n) is 3.64. The van der Waals surface area contributed by atoms with Crippen molar-refractivity contribution in [1.29, 1.82) is 0 Å². The zero-order valence-electron chi connectivity index (χ0n) is 13.5. The van der Waals surface area contributed by atoms with Crippen LogP contribution in [0.15, 0.2) is 30.7 Å². The molecule has 1 aliphatic heterocycles. The van der Waals surface area contributed by atoms with E-state index in [4.69, 9.17) is 4.98 Å². The lowest BCUT2D eigenvalue weighted by atomic mass is 9.95. The largest absolute Gasteiger partial charge is 0.317 e. The van der Waals surface area contributed by atoms with Crippen LogP contribution in [-0.2, 0) is 0 Å². The second kappa shape index (κ2) is 5.43. The van der Waals surface area contributed by atoms with Gasteiger partial charge in [0.2, 0.25) is 0 Å². The Balaban J connectivity index is 1.53. The molecule has 0 spiro atoms. The van der Waals surface area contributed by atoms with E-state index in [2.05, 4.69) is 51.4 Å². The number of aromatic nitrogens is 4. The minimum absolute atomic E-state index is 0.603. The third-order valence-corrected chi connectivity index (χ3v) is 6.01. The minimum atomic E-state index is 0.603. The SMILES string of the molecule is Cc1cc(-c2cn3cc(C4CCNCC4)nc3s2)cc2cn[nH]c12. The molecule has 0 saturated carbocycles. The number of piperidine rings is 1. The first-order valence-corrected chi connectivity index (χ1v) is 9.23. The van der Waals surface area contributed by atoms with Crippen molar-refractivity contribution in [2.24, 2.45) is 0 Å². The van der Waals surface area contributed by atoms with Crippen LogP contribution in [0.5, 0.6) is 0 Å². The molecule has 0 amide bonds. The van der Waals surface area contributed by atoms with Crippen LogP contribution >= 0.6 is 11.3 Å². The molecule has 4 heterocycles. The summed E-state index contributed by atoms with van der Waals surface area (Å²) in [5.41, 5.74) is 4.82. The number of aryl methyl sites for hydroxylation is 1. The lowest BCUT2D eigenvalue weighted by molar-refractivity contribution is 0.454. The number of nitrogens with zero attached hydrogens (tertiary/aromatic N) is 3. The molecular weight excluding hydrogens is 318 g/mol. The van der Waals surface area contributed by atoms with Crippen LogP contribution in [0.1, 0.15) is 30.0 Å². The smallest absolute Gasteiger partial charge is 0.194 e. The predicted molar refractivity (Wildman–Crippen MR) is 97.7 cm³/mol. The first-order chi connectivity index (χ1) is 11.8. The zero-order chi connectivity index (χ0) is 16.1. The van der Waals surface area contributed by atoms with E-state index >= 15 is 0 Å². The van der Waals surface area contributed by atoms with E-state index < -0.39 is 0 Å². The van der Waals surface area contributed by atoms with Crippen molar-refractivity contribution >= 4 is 27.2 Å². The first kappa shape index (κ1) is 14.2. The van der Waals surface area contributed by atoms with E-state index in [0.29, 0.717) is 5.92 Å². The van der Waals surface area contributed by atoms with Gasteiger partial charge in [0.1, 0.15) is 0 Å². The highest BCUT2D eigenvalue weighted by Crippen LogP contribution is 2.33. The van der Waals surface area contributed by atoms with Crippen molar-refractivity contribution in [3.8, 4) is 10.4 Å². The minimum Gasteiger partial charge on any atom is -0.317 e. The van der Waals surface area contributed by atoms with E-state index in [1.165, 1.54) is 34.5 Å². The number of rotatable bonds is 2. The van der Waals surface area contributed by atoms with Gasteiger partial charge in [-0.2, -0.15) is 5.10 Å². The molecule has 0 unspecified atom stereocenters. The second-order valence-corrected chi connectivity index (χ2v) is 7.61. The topological polar surface area (TPSA) is 58.0 Å². The van der Waals surface area contributed by atoms with Crippen LogP contribution in [0.25, 0.3) is 26.3 Å². The van der Waals surface area contributed by atoms with Gasteiger partial charge in [-0.25, -0.2) is 4.98 Å². The molecule has 4 aromatic rings. The number of hydrogen-bond donors (Lipinski definition) is 2. The molecule has 1 aromatic carbocycles. The lowest BCUT2D eigenvalue weighted by Gasteiger charge is -2.20. The highest BCUT2D eigenvalue weighted by Gasteiger charge is 2.19. The molecule has 6 heteroatoms. The summed E-state index contributed by atoms with van der Waals surface area (Å²) in [6.45, 7) is 4.33. The number of benzene rings is 1. The molecule has 1 fully saturated rings. The van der Waals surface area contributed by atoms with Crippen LogP contribution in [0.4, 0.5) is 0 Å². The van der Waals surface area contributed by atoms with Gasteiger partial charge in [0.25, 0.3) is 0 Å². The van der Waals surface area contributed by atoms with E-state index in [-0.39, 0.29) is 0 Å². The van der Waals surface area contributed by atoms with Gasteiger partial charge in [-0.15, -0.1) is 0 Å². The molecule has 1 aliphatic rings. The van der Waals surface area contributed by atoms with Crippen LogP contribution in [0, 0.1) is 6.92 Å². The average Bonchev–Trinajstić information content (AvgIpc) is 3.29. The molecule has 3 aromatic heterocycles. The van der Waals surface area contributed by atoms with Gasteiger partial charge in [0.05, 0.1) is 22.3 Å². The first-order valence-electron chi connectivity index (χ1n) is 8.41. The molecule has 0 aliphatic carbocycles. The monoisotopic (exact) mass is 337 g/mol. The summed E-state index contributed by atoms with van der Waals surface area (Å²) >= 11 is 1.76. The number of H-pyrrole nitrogens is 1. The van der Waals surface area contributed by atoms with Gasteiger partial charge in [0, 0.05) is 23.7 Å². The third kappa shape index (κ3) is 2.25. The Kier molecular flexibility index (Phi) is 3.21. The number of imidazole rings is 1. The maximum Gasteiger partial charge on any atom is 0.194 e. The fourth-order valence-corrected chi connectivity index (χ4v) is 4.60. The Hall–Kier alpha value is -2.18. The highest BCUT2D eigenvalue weighted by atomic mass is 32.1. The van der Waals surface area contributed by atoms with E-state index in [9.17, 15) is 0 Å². The molecule has 5 nitrogen and oxygen atoms in total. The van der Waals surface area contributed by atoms with Gasteiger partial charge in [-0.3, -0.25) is 9.50 Å². The summed E-state index contributed by atoms with van der Waals surface area (Å²) < 4.78 is 2.19. The van der Waals surface area contributed by atoms with Crippen molar-refractivity contribution in [3.63, 3.8) is 0 Å². The quantitative estimate of drug-likeness (QED) is 0.586. The maximum atomic E-state index is 4.89. The molecule has 2 N–H and O–H groups in total. The summed E-state index contributed by atoms with van der Waals surface area (Å²) in [6, 6.07) is 4.42. The fraction of sp³-hybridized carbons (Fsp3) is 0.333. The number of nitrogens with one attached hydrogen (secondary N) is 2. The van der Waals surface area contributed by atoms with Crippen LogP contribution < -0.4 is 5.32 Å². The van der Waals surface area contributed by atoms with Gasteiger partial charge in [-0.1, -0.05) is 11.3 Å². The molecule has 0 bridgehead atoms. The van der Waals surface area contributed by atoms with Crippen molar-refractivity contribution in [1.82, 2.24) is 24.9 Å². The van der Waals surface area contributed by atoms with Crippen molar-refractivity contribution in [3.05, 3.63) is 42.0 Å². The summed E-state index contributed by atoms with van der Waals surface area (Å²) in [5, 5.41) is 11.8. The Morgan fingerprint density at radius 1 is 1.21 bits per heavy atom. The van der Waals surface area contributed by atoms with Gasteiger partial charge in [0.15, 0.2) is 4.96 Å². The molecule has 0 radical (unpaired) electrons. The summed E-state index contributed by atoms with van der Waals surface area (Å²) in [7, 11) is 0. The Labute approximate surface area is 143 Å². The summed E-state index contributed by atoms with van der Waals surface area (Å²) in [5.74, 6) is 0.603. The number of fused-ring (bicyclic) bond motifs is 2. The van der Waals surface area contributed by atoms with Crippen molar-refractivity contribution in [2.45, 2.75) is 25.7 Å². The highest BCUT2D eigenvalue weighted by molar-refractivity contribution is 7.20. The van der Waals surface area contributed by atoms with E-state index in [0.717, 1.165) is 29.0 Å². The van der Waals surface area contributed by atoms with Crippen LogP contribution in [0.2, 0.25) is 0 Å². The van der Waals surface area contributed by atoms with Crippen molar-refractivity contribution < 1.29 is 0 Å². The van der Waals surface area contributed by atoms with E-state index in [1.54, 1.807) is 11.3 Å². The molecule has 5 rings (SSSR count). The maximum absolute atomic E-state index is 4.89. The van der Waals surface area contributed by atoms with Gasteiger partial charge in [-0.05, 0) is 56.1 Å². The Bertz CT molecular complexity index is 987. The second-order valence-electron chi connectivity index (χ2n) is 6.60. The number of thiazole rings is 1. The predicted octanol–water partition coefficient (Wildman–Crippen LogP) is 3.71. The summed E-state index contributed by atoms with van der Waals surface area (Å²) in [6.07, 6.45) is 8.69.